The molecule has 0 aromatic rings. The third kappa shape index (κ3) is 276. The molecule has 4 N–H and O–H groups in total. The summed E-state index contributed by atoms with van der Waals surface area (Å²) in [6, 6.07) is 0. The van der Waals surface area contributed by atoms with E-state index in [9.17, 15) is 0 Å². The molecule has 0 fully saturated rings. The van der Waals surface area contributed by atoms with Gasteiger partial charge in [-0.1, -0.05) is 0 Å². The number of halogens is 2. The molecule has 0 atom stereocenters. The van der Waals surface area contributed by atoms with Crippen LogP contribution >= 0.6 is 27.5 Å². The van der Waals surface area contributed by atoms with E-state index < -0.39 is 15.6 Å². The van der Waals surface area contributed by atoms with Crippen molar-refractivity contribution in [1.82, 2.24) is 0 Å². The Morgan fingerprint density at radius 1 is 0.765 bits per heavy atom. The Morgan fingerprint density at radius 3 is 0.765 bits per heavy atom. The van der Waals surface area contributed by atoms with E-state index in [2.05, 4.69) is 11.9 Å². The van der Waals surface area contributed by atoms with Gasteiger partial charge in [-0.25, -0.2) is 11.9 Å². The zero-order chi connectivity index (χ0) is 11.0. The van der Waals surface area contributed by atoms with Crippen molar-refractivity contribution in [2.24, 2.45) is 0 Å². The maximum Gasteiger partial charge on any atom is 1.00 e. The predicted molar refractivity (Wildman–Crippen MR) is 29.9 cm³/mol. The van der Waals surface area contributed by atoms with Gasteiger partial charge in [0.1, 0.15) is 0 Å². The zero-order valence-electron chi connectivity index (χ0n) is 9.48. The van der Waals surface area contributed by atoms with Crippen LogP contribution in [0, 0.1) is 0 Å². The number of hydrogen-bond donors (Lipinski definition) is 4. The van der Waals surface area contributed by atoms with Crippen molar-refractivity contribution in [2.75, 3.05) is 0 Å². The summed E-state index contributed by atoms with van der Waals surface area (Å²) in [6.07, 6.45) is 0. The average Bonchev–Trinajstić information content (AvgIpc) is 1.59. The molecule has 0 aromatic heterocycles. The van der Waals surface area contributed by atoms with E-state index >= 15 is 0 Å². The Kier molecular flexibility index (Phi) is 85.6. The second-order valence-corrected chi connectivity index (χ2v) is 2.94. The Bertz CT molecular complexity index is 145. The van der Waals surface area contributed by atoms with E-state index in [-0.39, 0.29) is 152 Å². The fourth-order valence-corrected chi connectivity index (χ4v) is 0. The van der Waals surface area contributed by atoms with Crippen molar-refractivity contribution >= 4 is 27.5 Å². The summed E-state index contributed by atoms with van der Waals surface area (Å²) in [7, 11) is -9.78. The molecule has 0 saturated heterocycles. The summed E-state index contributed by atoms with van der Waals surface area (Å²) in [4.78, 5) is 45.8. The maximum absolute atomic E-state index is 8.77. The topological polar surface area (TPSA) is 184 Å². The van der Waals surface area contributed by atoms with Crippen LogP contribution < -0.4 is 167 Å². The van der Waals surface area contributed by atoms with Gasteiger partial charge in [-0.2, -0.15) is 0 Å². The second kappa shape index (κ2) is 29.4. The van der Waals surface area contributed by atoms with Gasteiger partial charge < -0.3 is 46.4 Å². The smallest absolute Gasteiger partial charge is 1.00 e. The third-order valence-electron chi connectivity index (χ3n) is 0. The first-order valence-electron chi connectivity index (χ1n) is 1.68. The largest absolute Gasteiger partial charge is 1.00 e. The van der Waals surface area contributed by atoms with Gasteiger partial charge in [-0.05, 0) is 0 Å². The molecule has 0 radical (unpaired) electrons. The molecule has 17 heavy (non-hydrogen) atoms. The van der Waals surface area contributed by atoms with Crippen LogP contribution in [0.4, 0.5) is 0 Å². The van der Waals surface area contributed by atoms with Crippen molar-refractivity contribution in [3.63, 3.8) is 0 Å². The standard InChI is InChI=1S/ClO.ClH.K.3Na.2H3O4P/c1-2;;;;;;2*1-5(2,3)4/h;1H;;;;;2*(H3,1,2,3,4)/q-1;;4*+1;;/p-3. The summed E-state index contributed by atoms with van der Waals surface area (Å²) < 4.78 is 25.3. The van der Waals surface area contributed by atoms with Gasteiger partial charge in [-0.15, -0.1) is 0 Å². The maximum atomic E-state index is 8.77. The molecule has 0 rings (SSSR count). The number of rotatable bonds is 0. The van der Waals surface area contributed by atoms with Crippen molar-refractivity contribution in [3.05, 3.63) is 0 Å². The van der Waals surface area contributed by atoms with Crippen LogP contribution in [0.3, 0.4) is 0 Å². The first-order valence-corrected chi connectivity index (χ1v) is 5.05. The van der Waals surface area contributed by atoms with Crippen LogP contribution in [0.1, 0.15) is 0 Å². The molecule has 0 amide bonds. The van der Waals surface area contributed by atoms with Crippen molar-refractivity contribution in [2.45, 2.75) is 0 Å². The molecule has 0 saturated carbocycles. The minimum atomic E-state index is -4.89. The van der Waals surface area contributed by atoms with E-state index in [4.69, 9.17) is 43.1 Å². The molecule has 0 aliphatic rings. The van der Waals surface area contributed by atoms with Gasteiger partial charge in [0.05, 0.1) is 0 Å². The van der Waals surface area contributed by atoms with Crippen molar-refractivity contribution in [1.29, 1.82) is 0 Å². The minimum absolute atomic E-state index is 0. The second-order valence-electron chi connectivity index (χ2n) is 0.981. The summed E-state index contributed by atoms with van der Waals surface area (Å²) in [6.45, 7) is 0. The van der Waals surface area contributed by atoms with Gasteiger partial charge in [0.15, 0.2) is 0 Å². The van der Waals surface area contributed by atoms with Gasteiger partial charge in [-0.3, -0.25) is 9.13 Å². The van der Waals surface area contributed by atoms with Crippen LogP contribution in [0.2, 0.25) is 0 Å². The van der Waals surface area contributed by atoms with Crippen molar-refractivity contribution < 1.29 is 196 Å². The van der Waals surface area contributed by atoms with E-state index in [0.29, 0.717) is 0 Å². The molecule has 9 nitrogen and oxygen atoms in total. The molecule has 0 aromatic carbocycles. The molecule has 0 spiro atoms. The fourth-order valence-electron chi connectivity index (χ4n) is 0. The Morgan fingerprint density at radius 2 is 0.765 bits per heavy atom. The van der Waals surface area contributed by atoms with Gasteiger partial charge in [0, 0.05) is 0 Å². The average molecular weight is 389 g/mol. The summed E-state index contributed by atoms with van der Waals surface area (Å²) >= 11 is 3.39. The Hall–Kier alpha value is 5.40. The normalized spacial score (nSPS) is 7.29. The molecule has 0 aliphatic heterocycles. The van der Waals surface area contributed by atoms with Crippen LogP contribution in [0.15, 0.2) is 0 Å². The van der Waals surface area contributed by atoms with Crippen LogP contribution in [-0.4, -0.2) is 19.6 Å². The minimum Gasteiger partial charge on any atom is -1.00 e. The first kappa shape index (κ1) is 49.5. The van der Waals surface area contributed by atoms with Gasteiger partial charge in [0.2, 0.25) is 0 Å². The Balaban J connectivity index is -0.0000000110. The Labute approximate surface area is 218 Å². The molecule has 0 heterocycles. The molecular formula is H4Cl2KNa3O9P2. The molecule has 0 unspecified atom stereocenters. The molecule has 17 heteroatoms. The quantitative estimate of drug-likeness (QED) is 0.231. The zero-order valence-corrected chi connectivity index (χ0v) is 21.9. The van der Waals surface area contributed by atoms with E-state index in [0.717, 1.165) is 0 Å². The summed E-state index contributed by atoms with van der Waals surface area (Å²) in [5.41, 5.74) is 0. The molecule has 0 bridgehead atoms. The number of hydrogen-bond acceptors (Lipinski definition) is 5. The SMILES string of the molecule is O=P([O-])(O)O.O=P([O-])(O)O.[Cl-].[K+].[Na+].[Na+].[Na+].[O-]Cl. The first-order chi connectivity index (χ1) is 5.00. The molecule has 0 aliphatic carbocycles. The molecule has 86 valence electrons. The van der Waals surface area contributed by atoms with E-state index in [1.165, 1.54) is 0 Å². The third-order valence-corrected chi connectivity index (χ3v) is 0. The summed E-state index contributed by atoms with van der Waals surface area (Å²) in [5, 5.41) is 0. The van der Waals surface area contributed by atoms with E-state index in [1.807, 2.05) is 0 Å². The fraction of sp³-hybridized carbons (Fsp3) is 0. The van der Waals surface area contributed by atoms with Crippen LogP contribution in [-0.2, 0) is 9.13 Å². The van der Waals surface area contributed by atoms with Crippen LogP contribution in [0.25, 0.3) is 0 Å². The van der Waals surface area contributed by atoms with E-state index in [1.54, 1.807) is 0 Å². The van der Waals surface area contributed by atoms with Crippen LogP contribution in [0.5, 0.6) is 0 Å². The van der Waals surface area contributed by atoms with Crippen molar-refractivity contribution in [3.8, 4) is 0 Å². The summed E-state index contributed by atoms with van der Waals surface area (Å²) in [5.74, 6) is 0. The monoisotopic (exact) mass is 388 g/mol. The number of phosphoric acid groups is 2. The molecular weight excluding hydrogens is 385 g/mol. The van der Waals surface area contributed by atoms with Gasteiger partial charge >= 0.3 is 140 Å². The van der Waals surface area contributed by atoms with Gasteiger partial charge in [0.25, 0.3) is 15.6 Å². The predicted octanol–water partition coefficient (Wildman–Crippen LogP) is -18.6.